The van der Waals surface area contributed by atoms with Gasteiger partial charge in [0, 0.05) is 48.0 Å². The number of halogens is 2. The van der Waals surface area contributed by atoms with E-state index in [1.54, 1.807) is 6.07 Å². The lowest BCUT2D eigenvalue weighted by molar-refractivity contribution is 0.509. The molecule has 7 heteroatoms. The Hall–Kier alpha value is -3.22. The van der Waals surface area contributed by atoms with Gasteiger partial charge in [0.15, 0.2) is 11.6 Å². The van der Waals surface area contributed by atoms with Crippen LogP contribution in [0, 0.1) is 18.6 Å². The first-order valence-electron chi connectivity index (χ1n) is 9.27. The van der Waals surface area contributed by atoms with E-state index in [0.29, 0.717) is 17.5 Å². The van der Waals surface area contributed by atoms with Gasteiger partial charge in [0.2, 0.25) is 5.95 Å². The largest absolute Gasteiger partial charge is 0.372 e. The maximum atomic E-state index is 13.4. The van der Waals surface area contributed by atoms with Gasteiger partial charge >= 0.3 is 0 Å². The van der Waals surface area contributed by atoms with Crippen LogP contribution in [0.2, 0.25) is 0 Å². The molecule has 4 rings (SSSR count). The fraction of sp³-hybridized carbons (Fsp3) is 0.238. The summed E-state index contributed by atoms with van der Waals surface area (Å²) in [4.78, 5) is 11.2. The monoisotopic (exact) mass is 381 g/mol. The maximum Gasteiger partial charge on any atom is 0.229 e. The number of rotatable bonds is 5. The zero-order valence-electron chi connectivity index (χ0n) is 15.5. The average Bonchev–Trinajstić information content (AvgIpc) is 3.20. The highest BCUT2D eigenvalue weighted by atomic mass is 19.2. The van der Waals surface area contributed by atoms with Gasteiger partial charge in [0.05, 0.1) is 0 Å². The number of nitrogens with zero attached hydrogens (tertiary/aromatic N) is 3. The minimum atomic E-state index is -0.910. The third kappa shape index (κ3) is 4.19. The van der Waals surface area contributed by atoms with Gasteiger partial charge < -0.3 is 15.5 Å². The van der Waals surface area contributed by atoms with Crippen molar-refractivity contribution in [3.05, 3.63) is 65.9 Å². The molecular weight excluding hydrogens is 360 g/mol. The summed E-state index contributed by atoms with van der Waals surface area (Å²) in [5.74, 6) is -0.870. The number of aryl methyl sites for hydroxylation is 1. The first kappa shape index (κ1) is 18.2. The Labute approximate surface area is 162 Å². The molecule has 0 amide bonds. The van der Waals surface area contributed by atoms with E-state index in [1.807, 2.05) is 19.1 Å². The summed E-state index contributed by atoms with van der Waals surface area (Å²) in [6.45, 7) is 4.05. The Balaban J connectivity index is 1.49. The predicted octanol–water partition coefficient (Wildman–Crippen LogP) is 5.15. The molecule has 1 aliphatic rings. The maximum absolute atomic E-state index is 13.4. The van der Waals surface area contributed by atoms with Crippen LogP contribution in [-0.4, -0.2) is 23.1 Å². The third-order valence-electron chi connectivity index (χ3n) is 4.64. The summed E-state index contributed by atoms with van der Waals surface area (Å²) in [7, 11) is 0. The first-order chi connectivity index (χ1) is 13.6. The summed E-state index contributed by atoms with van der Waals surface area (Å²) in [6, 6.07) is 13.5. The minimum Gasteiger partial charge on any atom is -0.372 e. The fourth-order valence-corrected chi connectivity index (χ4v) is 3.27. The lowest BCUT2D eigenvalue weighted by Crippen LogP contribution is -2.17. The molecule has 0 aliphatic carbocycles. The number of hydrogen-bond donors (Lipinski definition) is 2. The van der Waals surface area contributed by atoms with Gasteiger partial charge in [-0.15, -0.1) is 0 Å². The second kappa shape index (κ2) is 7.80. The Bertz CT molecular complexity index is 969. The minimum absolute atomic E-state index is 0.415. The Morgan fingerprint density at radius 3 is 2.25 bits per heavy atom. The van der Waals surface area contributed by atoms with Crippen LogP contribution in [0.3, 0.4) is 0 Å². The van der Waals surface area contributed by atoms with E-state index in [4.69, 9.17) is 0 Å². The Morgan fingerprint density at radius 1 is 0.821 bits per heavy atom. The van der Waals surface area contributed by atoms with Crippen molar-refractivity contribution >= 4 is 28.8 Å². The molecule has 1 aliphatic heterocycles. The van der Waals surface area contributed by atoms with Crippen molar-refractivity contribution < 1.29 is 8.78 Å². The van der Waals surface area contributed by atoms with Crippen LogP contribution in [0.15, 0.2) is 48.5 Å². The van der Waals surface area contributed by atoms with Crippen LogP contribution < -0.4 is 15.5 Å². The van der Waals surface area contributed by atoms with Gasteiger partial charge in [-0.25, -0.2) is 13.8 Å². The van der Waals surface area contributed by atoms with Crippen LogP contribution in [0.5, 0.6) is 0 Å². The van der Waals surface area contributed by atoms with Crippen molar-refractivity contribution in [3.8, 4) is 0 Å². The van der Waals surface area contributed by atoms with Crippen LogP contribution in [0.4, 0.5) is 37.6 Å². The highest BCUT2D eigenvalue weighted by molar-refractivity contribution is 5.62. The zero-order chi connectivity index (χ0) is 19.5. The molecular formula is C21H21F2N5. The topological polar surface area (TPSA) is 53.1 Å². The van der Waals surface area contributed by atoms with Gasteiger partial charge in [0.1, 0.15) is 5.82 Å². The van der Waals surface area contributed by atoms with Crippen molar-refractivity contribution in [2.24, 2.45) is 0 Å². The van der Waals surface area contributed by atoms with Crippen LogP contribution >= 0.6 is 0 Å². The molecule has 5 nitrogen and oxygen atoms in total. The van der Waals surface area contributed by atoms with Crippen molar-refractivity contribution in [2.75, 3.05) is 28.6 Å². The first-order valence-corrected chi connectivity index (χ1v) is 9.27. The summed E-state index contributed by atoms with van der Waals surface area (Å²) in [6.07, 6.45) is 2.48. The van der Waals surface area contributed by atoms with Crippen LogP contribution in [-0.2, 0) is 0 Å². The van der Waals surface area contributed by atoms with Crippen LogP contribution in [0.1, 0.15) is 18.5 Å². The molecule has 28 heavy (non-hydrogen) atoms. The quantitative estimate of drug-likeness (QED) is 0.640. The second-order valence-electron chi connectivity index (χ2n) is 6.84. The van der Waals surface area contributed by atoms with Crippen molar-refractivity contribution in [3.63, 3.8) is 0 Å². The molecule has 1 fully saturated rings. The van der Waals surface area contributed by atoms with E-state index in [1.165, 1.54) is 24.6 Å². The molecule has 0 spiro atoms. The Morgan fingerprint density at radius 2 is 1.54 bits per heavy atom. The number of anilines is 5. The molecule has 3 aromatic rings. The number of nitrogens with one attached hydrogen (secondary N) is 2. The van der Waals surface area contributed by atoms with Gasteiger partial charge in [-0.2, -0.15) is 4.98 Å². The molecule has 144 valence electrons. The lowest BCUT2D eigenvalue weighted by Gasteiger charge is -2.18. The van der Waals surface area contributed by atoms with E-state index in [2.05, 4.69) is 37.6 Å². The van der Waals surface area contributed by atoms with Crippen LogP contribution in [0.25, 0.3) is 0 Å². The highest BCUT2D eigenvalue weighted by Crippen LogP contribution is 2.24. The second-order valence-corrected chi connectivity index (χ2v) is 6.84. The summed E-state index contributed by atoms with van der Waals surface area (Å²) >= 11 is 0. The number of benzene rings is 2. The third-order valence-corrected chi connectivity index (χ3v) is 4.64. The van der Waals surface area contributed by atoms with Gasteiger partial charge in [-0.1, -0.05) is 0 Å². The smallest absolute Gasteiger partial charge is 0.229 e. The highest BCUT2D eigenvalue weighted by Gasteiger charge is 2.12. The van der Waals surface area contributed by atoms with Gasteiger partial charge in [-0.05, 0) is 56.2 Å². The zero-order valence-corrected chi connectivity index (χ0v) is 15.5. The number of aromatic nitrogens is 2. The van der Waals surface area contributed by atoms with Gasteiger partial charge in [0.25, 0.3) is 0 Å². The van der Waals surface area contributed by atoms with Gasteiger partial charge in [-0.3, -0.25) is 0 Å². The molecule has 0 bridgehead atoms. The predicted molar refractivity (Wildman–Crippen MR) is 108 cm³/mol. The normalized spacial score (nSPS) is 13.6. The molecule has 2 heterocycles. The number of hydrogen-bond acceptors (Lipinski definition) is 5. The molecule has 0 saturated carbocycles. The molecule has 0 atom stereocenters. The summed E-state index contributed by atoms with van der Waals surface area (Å²) in [5, 5.41) is 6.18. The molecule has 0 unspecified atom stereocenters. The molecule has 1 aromatic heterocycles. The van der Waals surface area contributed by atoms with E-state index >= 15 is 0 Å². The summed E-state index contributed by atoms with van der Waals surface area (Å²) < 4.78 is 26.5. The molecule has 2 aromatic carbocycles. The molecule has 1 saturated heterocycles. The standard InChI is InChI=1S/C21H21F2N5/c1-14-12-20(25-16-6-9-18(22)19(23)13-16)27-21(24-14)26-15-4-7-17(8-5-15)28-10-2-3-11-28/h4-9,12-13H,2-3,10-11H2,1H3,(H2,24,25,26,27). The van der Waals surface area contributed by atoms with Crippen molar-refractivity contribution in [1.82, 2.24) is 9.97 Å². The molecule has 2 N–H and O–H groups in total. The lowest BCUT2D eigenvalue weighted by atomic mass is 10.2. The van der Waals surface area contributed by atoms with E-state index in [0.717, 1.165) is 36.6 Å². The Kier molecular flexibility index (Phi) is 5.06. The SMILES string of the molecule is Cc1cc(Nc2ccc(F)c(F)c2)nc(Nc2ccc(N3CCCC3)cc2)n1. The summed E-state index contributed by atoms with van der Waals surface area (Å²) in [5.41, 5.74) is 3.26. The van der Waals surface area contributed by atoms with E-state index in [-0.39, 0.29) is 0 Å². The fourth-order valence-electron chi connectivity index (χ4n) is 3.27. The van der Waals surface area contributed by atoms with Crippen molar-refractivity contribution in [2.45, 2.75) is 19.8 Å². The average molecular weight is 381 g/mol. The van der Waals surface area contributed by atoms with E-state index in [9.17, 15) is 8.78 Å². The van der Waals surface area contributed by atoms with E-state index < -0.39 is 11.6 Å². The van der Waals surface area contributed by atoms with Crippen molar-refractivity contribution in [1.29, 1.82) is 0 Å². The molecule has 0 radical (unpaired) electrons.